The van der Waals surface area contributed by atoms with Crippen LogP contribution in [0, 0.1) is 18.3 Å². The fourth-order valence-electron chi connectivity index (χ4n) is 4.56. The Labute approximate surface area is 182 Å². The molecular formula is C24H27N5O2. The van der Waals surface area contributed by atoms with Crippen LogP contribution in [0.15, 0.2) is 30.5 Å². The van der Waals surface area contributed by atoms with E-state index in [4.69, 9.17) is 12.2 Å². The van der Waals surface area contributed by atoms with Crippen molar-refractivity contribution in [1.29, 1.82) is 0 Å². The summed E-state index contributed by atoms with van der Waals surface area (Å²) >= 11 is 0. The molecular weight excluding hydrogens is 390 g/mol. The topological polar surface area (TPSA) is 110 Å². The van der Waals surface area contributed by atoms with Crippen molar-refractivity contribution in [1.82, 2.24) is 9.97 Å². The molecule has 2 aromatic rings. The van der Waals surface area contributed by atoms with Gasteiger partial charge in [0.25, 0.3) is 0 Å². The lowest BCUT2D eigenvalue weighted by Crippen LogP contribution is -2.32. The third-order valence-corrected chi connectivity index (χ3v) is 6.31. The second kappa shape index (κ2) is 9.17. The number of hydrogen-bond acceptors (Lipinski definition) is 6. The normalized spacial score (nSPS) is 22.4. The van der Waals surface area contributed by atoms with Crippen molar-refractivity contribution in [3.63, 3.8) is 0 Å². The van der Waals surface area contributed by atoms with Crippen molar-refractivity contribution < 1.29 is 9.59 Å². The Kier molecular flexibility index (Phi) is 6.17. The number of hydrogen-bond donors (Lipinski definition) is 3. The summed E-state index contributed by atoms with van der Waals surface area (Å²) in [4.78, 5) is 32.6. The van der Waals surface area contributed by atoms with Gasteiger partial charge in [0.2, 0.25) is 11.9 Å². The Morgan fingerprint density at radius 2 is 2.00 bits per heavy atom. The third kappa shape index (κ3) is 4.69. The van der Waals surface area contributed by atoms with Crippen molar-refractivity contribution in [2.45, 2.75) is 50.5 Å². The number of carbonyl (C=O) groups excluding carboxylic acids is 2. The number of anilines is 2. The molecule has 1 fully saturated rings. The smallest absolute Gasteiger partial charge is 0.224 e. The Morgan fingerprint density at radius 3 is 2.74 bits per heavy atom. The highest BCUT2D eigenvalue weighted by molar-refractivity contribution is 5.92. The molecule has 1 saturated carbocycles. The zero-order valence-electron chi connectivity index (χ0n) is 17.4. The van der Waals surface area contributed by atoms with Crippen LogP contribution in [0.25, 0.3) is 0 Å². The van der Waals surface area contributed by atoms with Crippen LogP contribution in [0.1, 0.15) is 54.7 Å². The summed E-state index contributed by atoms with van der Waals surface area (Å²) in [6.45, 7) is 0.587. The van der Waals surface area contributed by atoms with Crippen LogP contribution in [0.3, 0.4) is 0 Å². The van der Waals surface area contributed by atoms with Crippen LogP contribution in [0.4, 0.5) is 11.8 Å². The molecule has 1 aromatic carbocycles. The molecule has 0 bridgehead atoms. The fraction of sp³-hybridized carbons (Fsp3) is 0.417. The van der Waals surface area contributed by atoms with E-state index < -0.39 is 0 Å². The van der Waals surface area contributed by atoms with E-state index in [1.165, 1.54) is 0 Å². The number of benzene rings is 1. The Hall–Kier alpha value is -3.40. The van der Waals surface area contributed by atoms with Gasteiger partial charge < -0.3 is 16.4 Å². The quantitative estimate of drug-likeness (QED) is 0.598. The molecule has 2 aliphatic carbocycles. The van der Waals surface area contributed by atoms with E-state index in [1.807, 2.05) is 24.3 Å². The minimum atomic E-state index is -0.223. The van der Waals surface area contributed by atoms with Gasteiger partial charge in [-0.15, -0.1) is 6.42 Å². The molecule has 7 nitrogen and oxygen atoms in total. The molecule has 160 valence electrons. The van der Waals surface area contributed by atoms with E-state index in [1.54, 1.807) is 6.20 Å². The molecule has 1 atom stereocenters. The predicted octanol–water partition coefficient (Wildman–Crippen LogP) is 2.62. The summed E-state index contributed by atoms with van der Waals surface area (Å²) in [7, 11) is 0. The van der Waals surface area contributed by atoms with Crippen molar-refractivity contribution in [2.75, 3.05) is 17.2 Å². The maximum atomic E-state index is 12.4. The summed E-state index contributed by atoms with van der Waals surface area (Å²) in [5.74, 6) is 3.64. The summed E-state index contributed by atoms with van der Waals surface area (Å²) in [6, 6.07) is 8.21. The lowest BCUT2D eigenvalue weighted by Gasteiger charge is -2.28. The van der Waals surface area contributed by atoms with Crippen molar-refractivity contribution >= 4 is 23.5 Å². The molecule has 0 saturated heterocycles. The molecule has 1 unspecified atom stereocenters. The minimum Gasteiger partial charge on any atom is -0.369 e. The summed E-state index contributed by atoms with van der Waals surface area (Å²) in [5.41, 5.74) is 8.28. The number of ketones is 1. The lowest BCUT2D eigenvalue weighted by molar-refractivity contribution is -0.122. The SMILES string of the molecule is C#Cc1cnc(NCCC2C(=O)Cc3ccccc32)nc1NC1CCC(C(N)=O)CC1. The van der Waals surface area contributed by atoms with Gasteiger partial charge in [-0.05, 0) is 43.2 Å². The Morgan fingerprint density at radius 1 is 1.23 bits per heavy atom. The van der Waals surface area contributed by atoms with E-state index in [-0.39, 0.29) is 29.6 Å². The van der Waals surface area contributed by atoms with Gasteiger partial charge in [0, 0.05) is 30.8 Å². The van der Waals surface area contributed by atoms with E-state index >= 15 is 0 Å². The van der Waals surface area contributed by atoms with Gasteiger partial charge in [-0.25, -0.2) is 4.98 Å². The van der Waals surface area contributed by atoms with E-state index in [0.717, 1.165) is 36.8 Å². The van der Waals surface area contributed by atoms with Crippen molar-refractivity contribution in [2.24, 2.45) is 11.7 Å². The second-order valence-corrected chi connectivity index (χ2v) is 8.31. The number of carbonyl (C=O) groups is 2. The number of primary amides is 1. The zero-order valence-corrected chi connectivity index (χ0v) is 17.4. The van der Waals surface area contributed by atoms with E-state index in [0.29, 0.717) is 36.7 Å². The number of nitrogens with zero attached hydrogens (tertiary/aromatic N) is 2. The number of fused-ring (bicyclic) bond motifs is 1. The van der Waals surface area contributed by atoms with Gasteiger partial charge in [-0.2, -0.15) is 4.98 Å². The first kappa shape index (κ1) is 20.9. The molecule has 0 aliphatic heterocycles. The first-order valence-corrected chi connectivity index (χ1v) is 10.8. The highest BCUT2D eigenvalue weighted by atomic mass is 16.1. The number of rotatable bonds is 7. The van der Waals surface area contributed by atoms with Crippen LogP contribution < -0.4 is 16.4 Å². The highest BCUT2D eigenvalue weighted by Gasteiger charge is 2.29. The molecule has 0 radical (unpaired) electrons. The van der Waals surface area contributed by atoms with E-state index in [9.17, 15) is 9.59 Å². The Bertz CT molecular complexity index is 1020. The molecule has 1 heterocycles. The number of aromatic nitrogens is 2. The summed E-state index contributed by atoms with van der Waals surface area (Å²) in [6.07, 6.45) is 11.7. The van der Waals surface area contributed by atoms with Crippen LogP contribution in [-0.2, 0) is 16.0 Å². The maximum absolute atomic E-state index is 12.4. The average Bonchev–Trinajstić information content (AvgIpc) is 3.09. The second-order valence-electron chi connectivity index (χ2n) is 8.31. The molecule has 4 rings (SSSR count). The van der Waals surface area contributed by atoms with Crippen LogP contribution in [0.2, 0.25) is 0 Å². The molecule has 7 heteroatoms. The van der Waals surface area contributed by atoms with Gasteiger partial charge in [0.1, 0.15) is 11.6 Å². The first-order chi connectivity index (χ1) is 15.0. The van der Waals surface area contributed by atoms with Gasteiger partial charge >= 0.3 is 0 Å². The minimum absolute atomic E-state index is 0.0452. The molecule has 1 aromatic heterocycles. The third-order valence-electron chi connectivity index (χ3n) is 6.31. The average molecular weight is 418 g/mol. The van der Waals surface area contributed by atoms with Crippen molar-refractivity contribution in [3.8, 4) is 12.3 Å². The number of amides is 1. The van der Waals surface area contributed by atoms with Crippen LogP contribution in [0.5, 0.6) is 0 Å². The molecule has 0 spiro atoms. The van der Waals surface area contributed by atoms with Gasteiger partial charge in [0.05, 0.1) is 11.8 Å². The number of nitrogens with one attached hydrogen (secondary N) is 2. The van der Waals surface area contributed by atoms with Crippen molar-refractivity contribution in [3.05, 3.63) is 47.2 Å². The lowest BCUT2D eigenvalue weighted by atomic mass is 9.85. The van der Waals surface area contributed by atoms with Gasteiger partial charge in [-0.3, -0.25) is 9.59 Å². The maximum Gasteiger partial charge on any atom is 0.224 e. The molecule has 31 heavy (non-hydrogen) atoms. The number of terminal acetylenes is 1. The molecule has 2 aliphatic rings. The first-order valence-electron chi connectivity index (χ1n) is 10.8. The summed E-state index contributed by atoms with van der Waals surface area (Å²) in [5, 5.41) is 6.64. The van der Waals surface area contributed by atoms with Crippen LogP contribution >= 0.6 is 0 Å². The number of Topliss-reactive ketones (excluding diaryl/α,β-unsaturated/α-hetero) is 1. The largest absolute Gasteiger partial charge is 0.369 e. The van der Waals surface area contributed by atoms with Crippen LogP contribution in [-0.4, -0.2) is 34.2 Å². The fourth-order valence-corrected chi connectivity index (χ4v) is 4.56. The van der Waals surface area contributed by atoms with E-state index in [2.05, 4.69) is 26.5 Å². The number of nitrogens with two attached hydrogens (primary N) is 1. The zero-order chi connectivity index (χ0) is 21.8. The molecule has 1 amide bonds. The van der Waals surface area contributed by atoms with Gasteiger partial charge in [-0.1, -0.05) is 30.2 Å². The Balaban J connectivity index is 1.36. The van der Waals surface area contributed by atoms with Gasteiger partial charge in [0.15, 0.2) is 0 Å². The predicted molar refractivity (Wildman–Crippen MR) is 120 cm³/mol. The molecule has 4 N–H and O–H groups in total. The highest BCUT2D eigenvalue weighted by Crippen LogP contribution is 2.32. The standard InChI is InChI=1S/C24H27N5O2/c1-2-15-14-27-24(29-23(15)28-18-9-7-16(8-10-18)22(25)31)26-12-11-20-19-6-4-3-5-17(19)13-21(20)30/h1,3-6,14,16,18,20H,7-13H2,(H2,25,31)(H2,26,27,28,29). The summed E-state index contributed by atoms with van der Waals surface area (Å²) < 4.78 is 0. The monoisotopic (exact) mass is 417 g/mol.